The van der Waals surface area contributed by atoms with E-state index in [0.717, 1.165) is 44.7 Å². The summed E-state index contributed by atoms with van der Waals surface area (Å²) in [5, 5.41) is 0. The van der Waals surface area contributed by atoms with Crippen molar-refractivity contribution < 1.29 is 13.2 Å². The van der Waals surface area contributed by atoms with Gasteiger partial charge in [-0.25, -0.2) is 0 Å². The maximum absolute atomic E-state index is 13.1. The minimum atomic E-state index is -4.35. The second-order valence-corrected chi connectivity index (χ2v) is 6.43. The molecule has 2 N–H and O–H groups in total. The summed E-state index contributed by atoms with van der Waals surface area (Å²) in [6.07, 6.45) is -1.68. The van der Waals surface area contributed by atoms with Gasteiger partial charge in [0.1, 0.15) is 0 Å². The molecule has 0 aromatic heterocycles. The van der Waals surface area contributed by atoms with Crippen molar-refractivity contribution in [3.63, 3.8) is 0 Å². The SMILES string of the molecule is Nc1ccc(CN2CCN(CC3CC3)CC2)c(C(F)(F)F)c1. The van der Waals surface area contributed by atoms with E-state index in [1.807, 2.05) is 0 Å². The van der Waals surface area contributed by atoms with Crippen LogP contribution in [0.5, 0.6) is 0 Å². The summed E-state index contributed by atoms with van der Waals surface area (Å²) < 4.78 is 39.3. The van der Waals surface area contributed by atoms with Crippen LogP contribution in [-0.4, -0.2) is 42.5 Å². The van der Waals surface area contributed by atoms with Gasteiger partial charge in [-0.15, -0.1) is 0 Å². The lowest BCUT2D eigenvalue weighted by Gasteiger charge is -2.35. The van der Waals surface area contributed by atoms with Crippen molar-refractivity contribution in [2.24, 2.45) is 5.92 Å². The molecule has 2 fully saturated rings. The summed E-state index contributed by atoms with van der Waals surface area (Å²) in [4.78, 5) is 4.53. The number of rotatable bonds is 4. The van der Waals surface area contributed by atoms with Crippen LogP contribution >= 0.6 is 0 Å². The molecule has 122 valence electrons. The van der Waals surface area contributed by atoms with E-state index >= 15 is 0 Å². The smallest absolute Gasteiger partial charge is 0.399 e. The fourth-order valence-electron chi connectivity index (χ4n) is 3.03. The third-order valence-corrected chi connectivity index (χ3v) is 4.51. The molecule has 3 rings (SSSR count). The second kappa shape index (κ2) is 6.08. The number of nitrogens with two attached hydrogens (primary N) is 1. The molecule has 1 saturated heterocycles. The van der Waals surface area contributed by atoms with Crippen molar-refractivity contribution in [3.05, 3.63) is 29.3 Å². The number of nitrogens with zero attached hydrogens (tertiary/aromatic N) is 2. The lowest BCUT2D eigenvalue weighted by Crippen LogP contribution is -2.46. The van der Waals surface area contributed by atoms with Gasteiger partial charge < -0.3 is 10.6 Å². The molecule has 1 saturated carbocycles. The lowest BCUT2D eigenvalue weighted by molar-refractivity contribution is -0.138. The summed E-state index contributed by atoms with van der Waals surface area (Å²) in [5.74, 6) is 0.862. The molecule has 1 aromatic carbocycles. The molecule has 0 amide bonds. The van der Waals surface area contributed by atoms with E-state index in [0.29, 0.717) is 12.1 Å². The zero-order valence-corrected chi connectivity index (χ0v) is 12.6. The van der Waals surface area contributed by atoms with Crippen LogP contribution in [0.15, 0.2) is 18.2 Å². The first kappa shape index (κ1) is 15.6. The summed E-state index contributed by atoms with van der Waals surface area (Å²) in [5.41, 5.74) is 5.38. The van der Waals surface area contributed by atoms with E-state index < -0.39 is 11.7 Å². The molecule has 0 bridgehead atoms. The zero-order chi connectivity index (χ0) is 15.7. The minimum Gasteiger partial charge on any atom is -0.399 e. The number of alkyl halides is 3. The number of anilines is 1. The van der Waals surface area contributed by atoms with Crippen molar-refractivity contribution in [1.29, 1.82) is 0 Å². The van der Waals surface area contributed by atoms with E-state index in [-0.39, 0.29) is 5.69 Å². The van der Waals surface area contributed by atoms with Crippen LogP contribution in [0, 0.1) is 5.92 Å². The van der Waals surface area contributed by atoms with Gasteiger partial charge in [0.15, 0.2) is 0 Å². The molecule has 22 heavy (non-hydrogen) atoms. The standard InChI is InChI=1S/C16H22F3N3/c17-16(18,19)15-9-14(20)4-3-13(15)11-22-7-5-21(6-8-22)10-12-1-2-12/h3-4,9,12H,1-2,5-8,10-11,20H2. The molecule has 1 heterocycles. The first-order valence-corrected chi connectivity index (χ1v) is 7.82. The number of piperazine rings is 1. The van der Waals surface area contributed by atoms with Gasteiger partial charge in [-0.1, -0.05) is 6.07 Å². The van der Waals surface area contributed by atoms with E-state index in [2.05, 4.69) is 9.80 Å². The Balaban J connectivity index is 1.61. The molecule has 6 heteroatoms. The van der Waals surface area contributed by atoms with E-state index in [4.69, 9.17) is 5.73 Å². The van der Waals surface area contributed by atoms with Crippen molar-refractivity contribution in [1.82, 2.24) is 9.80 Å². The number of benzene rings is 1. The fourth-order valence-corrected chi connectivity index (χ4v) is 3.03. The number of nitrogen functional groups attached to an aromatic ring is 1. The van der Waals surface area contributed by atoms with Gasteiger partial charge in [0.2, 0.25) is 0 Å². The molecule has 3 nitrogen and oxygen atoms in total. The molecule has 0 spiro atoms. The largest absolute Gasteiger partial charge is 0.416 e. The molecule has 0 radical (unpaired) electrons. The molecule has 1 aromatic rings. The molecule has 1 aliphatic heterocycles. The Morgan fingerprint density at radius 2 is 1.68 bits per heavy atom. The fraction of sp³-hybridized carbons (Fsp3) is 0.625. The van der Waals surface area contributed by atoms with Crippen LogP contribution in [0.1, 0.15) is 24.0 Å². The highest BCUT2D eigenvalue weighted by atomic mass is 19.4. The monoisotopic (exact) mass is 313 g/mol. The van der Waals surface area contributed by atoms with Gasteiger partial charge in [-0.05, 0) is 36.5 Å². The molecule has 0 atom stereocenters. The Bertz CT molecular complexity index is 518. The number of hydrogen-bond donors (Lipinski definition) is 1. The average molecular weight is 313 g/mol. The Labute approximate surface area is 128 Å². The highest BCUT2D eigenvalue weighted by molar-refractivity contribution is 5.46. The number of halogens is 3. The summed E-state index contributed by atoms with van der Waals surface area (Å²) in [6, 6.07) is 4.10. The summed E-state index contributed by atoms with van der Waals surface area (Å²) in [7, 11) is 0. The summed E-state index contributed by atoms with van der Waals surface area (Å²) >= 11 is 0. The number of hydrogen-bond acceptors (Lipinski definition) is 3. The van der Waals surface area contributed by atoms with Crippen molar-refractivity contribution >= 4 is 5.69 Å². The predicted molar refractivity (Wildman–Crippen MR) is 80.3 cm³/mol. The Kier molecular flexibility index (Phi) is 4.32. The first-order valence-electron chi connectivity index (χ1n) is 7.82. The summed E-state index contributed by atoms with van der Waals surface area (Å²) in [6.45, 7) is 5.05. The molecule has 1 aliphatic carbocycles. The van der Waals surface area contributed by atoms with E-state index in [9.17, 15) is 13.2 Å². The highest BCUT2D eigenvalue weighted by Crippen LogP contribution is 2.34. The van der Waals surface area contributed by atoms with Crippen LogP contribution < -0.4 is 5.73 Å². The van der Waals surface area contributed by atoms with Crippen molar-refractivity contribution in [2.75, 3.05) is 38.5 Å². The topological polar surface area (TPSA) is 32.5 Å². The third kappa shape index (κ3) is 3.93. The Morgan fingerprint density at radius 3 is 2.27 bits per heavy atom. The van der Waals surface area contributed by atoms with Gasteiger partial charge in [0.25, 0.3) is 0 Å². The maximum Gasteiger partial charge on any atom is 0.416 e. The van der Waals surface area contributed by atoms with E-state index in [1.165, 1.54) is 18.9 Å². The average Bonchev–Trinajstić information content (AvgIpc) is 3.26. The van der Waals surface area contributed by atoms with Crippen molar-refractivity contribution in [2.45, 2.75) is 25.6 Å². The van der Waals surface area contributed by atoms with E-state index in [1.54, 1.807) is 6.07 Å². The zero-order valence-electron chi connectivity index (χ0n) is 12.6. The normalized spacial score (nSPS) is 21.2. The van der Waals surface area contributed by atoms with Gasteiger partial charge >= 0.3 is 6.18 Å². The molecular weight excluding hydrogens is 291 g/mol. The van der Waals surface area contributed by atoms with Crippen LogP contribution in [0.3, 0.4) is 0 Å². The maximum atomic E-state index is 13.1. The minimum absolute atomic E-state index is 0.158. The van der Waals surface area contributed by atoms with Crippen LogP contribution in [0.25, 0.3) is 0 Å². The molecular formula is C16H22F3N3. The second-order valence-electron chi connectivity index (χ2n) is 6.43. The van der Waals surface area contributed by atoms with Gasteiger partial charge in [-0.3, -0.25) is 4.90 Å². The van der Waals surface area contributed by atoms with Gasteiger partial charge in [-0.2, -0.15) is 13.2 Å². The third-order valence-electron chi connectivity index (χ3n) is 4.51. The lowest BCUT2D eigenvalue weighted by atomic mass is 10.0. The van der Waals surface area contributed by atoms with Crippen molar-refractivity contribution in [3.8, 4) is 0 Å². The van der Waals surface area contributed by atoms with Gasteiger partial charge in [0, 0.05) is 45.0 Å². The Hall–Kier alpha value is -1.27. The van der Waals surface area contributed by atoms with Crippen LogP contribution in [0.2, 0.25) is 0 Å². The quantitative estimate of drug-likeness (QED) is 0.868. The van der Waals surface area contributed by atoms with Crippen LogP contribution in [-0.2, 0) is 12.7 Å². The van der Waals surface area contributed by atoms with Gasteiger partial charge in [0.05, 0.1) is 5.56 Å². The molecule has 2 aliphatic rings. The molecule has 0 unspecified atom stereocenters. The van der Waals surface area contributed by atoms with Crippen LogP contribution in [0.4, 0.5) is 18.9 Å². The first-order chi connectivity index (χ1) is 10.4. The Morgan fingerprint density at radius 1 is 1.05 bits per heavy atom. The highest BCUT2D eigenvalue weighted by Gasteiger charge is 2.34. The predicted octanol–water partition coefficient (Wildman–Crippen LogP) is 2.82.